The number of carbonyl (C=O) groups is 1. The second-order valence-corrected chi connectivity index (χ2v) is 5.82. The quantitative estimate of drug-likeness (QED) is 0.825. The summed E-state index contributed by atoms with van der Waals surface area (Å²) in [6.45, 7) is 1.91. The van der Waals surface area contributed by atoms with Crippen molar-refractivity contribution in [2.75, 3.05) is 7.11 Å². The van der Waals surface area contributed by atoms with Crippen LogP contribution in [0.3, 0.4) is 0 Å². The SMILES string of the molecule is COc1ccc(-c2noc([C@@H](C)NC3CCC3)c2C(=O)O)cc1.Cl. The van der Waals surface area contributed by atoms with Crippen LogP contribution in [0.5, 0.6) is 5.75 Å². The molecule has 0 unspecified atom stereocenters. The molecule has 2 aromatic rings. The number of halogens is 1. The summed E-state index contributed by atoms with van der Waals surface area (Å²) in [5.41, 5.74) is 1.15. The Balaban J connectivity index is 0.00000208. The number of aromatic carboxylic acids is 1. The van der Waals surface area contributed by atoms with Gasteiger partial charge in [-0.1, -0.05) is 11.6 Å². The molecular formula is C17H21ClN2O4. The highest BCUT2D eigenvalue weighted by Crippen LogP contribution is 2.31. The number of hydrogen-bond donors (Lipinski definition) is 2. The number of nitrogens with zero attached hydrogens (tertiary/aromatic N) is 1. The summed E-state index contributed by atoms with van der Waals surface area (Å²) in [6.07, 6.45) is 3.45. The molecule has 3 rings (SSSR count). The highest BCUT2D eigenvalue weighted by atomic mass is 35.5. The van der Waals surface area contributed by atoms with Crippen LogP contribution in [0.2, 0.25) is 0 Å². The zero-order valence-corrected chi connectivity index (χ0v) is 14.4. The minimum Gasteiger partial charge on any atom is -0.497 e. The number of benzene rings is 1. The van der Waals surface area contributed by atoms with E-state index in [1.807, 2.05) is 6.92 Å². The molecule has 1 aromatic carbocycles. The molecule has 24 heavy (non-hydrogen) atoms. The summed E-state index contributed by atoms with van der Waals surface area (Å²) in [5, 5.41) is 17.0. The summed E-state index contributed by atoms with van der Waals surface area (Å²) in [6, 6.07) is 7.33. The molecule has 1 aliphatic rings. The number of nitrogens with one attached hydrogen (secondary N) is 1. The smallest absolute Gasteiger partial charge is 0.341 e. The molecule has 6 nitrogen and oxygen atoms in total. The van der Waals surface area contributed by atoms with Crippen molar-refractivity contribution in [3.63, 3.8) is 0 Å². The molecule has 0 amide bonds. The molecule has 0 saturated heterocycles. The largest absolute Gasteiger partial charge is 0.497 e. The van der Waals surface area contributed by atoms with Gasteiger partial charge in [0, 0.05) is 11.6 Å². The molecule has 1 aromatic heterocycles. The Hall–Kier alpha value is -2.05. The number of rotatable bonds is 6. The third kappa shape index (κ3) is 3.55. The predicted molar refractivity (Wildman–Crippen MR) is 91.9 cm³/mol. The van der Waals surface area contributed by atoms with E-state index in [4.69, 9.17) is 9.26 Å². The Kier molecular flexibility index (Phi) is 5.85. The van der Waals surface area contributed by atoms with Crippen LogP contribution in [-0.2, 0) is 0 Å². The molecule has 0 aliphatic heterocycles. The van der Waals surface area contributed by atoms with E-state index >= 15 is 0 Å². The summed E-state index contributed by atoms with van der Waals surface area (Å²) in [5.74, 6) is 0.0407. The fourth-order valence-electron chi connectivity index (χ4n) is 2.76. The van der Waals surface area contributed by atoms with Gasteiger partial charge in [0.15, 0.2) is 5.76 Å². The Labute approximate surface area is 146 Å². The van der Waals surface area contributed by atoms with Crippen molar-refractivity contribution in [3.05, 3.63) is 35.6 Å². The Bertz CT molecular complexity index is 695. The first-order chi connectivity index (χ1) is 11.1. The molecule has 7 heteroatoms. The van der Waals surface area contributed by atoms with Crippen molar-refractivity contribution in [1.82, 2.24) is 10.5 Å². The van der Waals surface area contributed by atoms with Gasteiger partial charge in [0.05, 0.1) is 13.2 Å². The first-order valence-corrected chi connectivity index (χ1v) is 7.73. The minimum absolute atomic E-state index is 0. The summed E-state index contributed by atoms with van der Waals surface area (Å²) in [4.78, 5) is 11.7. The fourth-order valence-corrected chi connectivity index (χ4v) is 2.76. The second-order valence-electron chi connectivity index (χ2n) is 5.82. The van der Waals surface area contributed by atoms with Gasteiger partial charge >= 0.3 is 5.97 Å². The lowest BCUT2D eigenvalue weighted by Gasteiger charge is -2.29. The molecule has 1 atom stereocenters. The lowest BCUT2D eigenvalue weighted by Crippen LogP contribution is -2.37. The van der Waals surface area contributed by atoms with Gasteiger partial charge in [-0.2, -0.15) is 0 Å². The van der Waals surface area contributed by atoms with Crippen molar-refractivity contribution >= 4 is 18.4 Å². The maximum Gasteiger partial charge on any atom is 0.341 e. The van der Waals surface area contributed by atoms with Crippen molar-refractivity contribution in [2.24, 2.45) is 0 Å². The van der Waals surface area contributed by atoms with Gasteiger partial charge in [-0.15, -0.1) is 12.4 Å². The van der Waals surface area contributed by atoms with E-state index in [-0.39, 0.29) is 24.0 Å². The molecule has 1 fully saturated rings. The summed E-state index contributed by atoms with van der Waals surface area (Å²) >= 11 is 0. The molecule has 0 radical (unpaired) electrons. The first-order valence-electron chi connectivity index (χ1n) is 7.73. The molecule has 1 heterocycles. The average Bonchev–Trinajstić information content (AvgIpc) is 2.96. The third-order valence-electron chi connectivity index (χ3n) is 4.28. The normalized spacial score (nSPS) is 15.2. The Morgan fingerprint density at radius 1 is 1.38 bits per heavy atom. The maximum absolute atomic E-state index is 11.7. The molecule has 0 bridgehead atoms. The second kappa shape index (κ2) is 7.68. The Morgan fingerprint density at radius 3 is 2.54 bits per heavy atom. The number of carboxylic acids is 1. The Morgan fingerprint density at radius 2 is 2.04 bits per heavy atom. The summed E-state index contributed by atoms with van der Waals surface area (Å²) in [7, 11) is 1.58. The topological polar surface area (TPSA) is 84.6 Å². The lowest BCUT2D eigenvalue weighted by atomic mass is 9.92. The monoisotopic (exact) mass is 352 g/mol. The van der Waals surface area contributed by atoms with E-state index in [9.17, 15) is 9.90 Å². The zero-order valence-electron chi connectivity index (χ0n) is 13.6. The highest BCUT2D eigenvalue weighted by molar-refractivity contribution is 5.96. The van der Waals surface area contributed by atoms with Crippen molar-refractivity contribution in [1.29, 1.82) is 0 Å². The van der Waals surface area contributed by atoms with Crippen LogP contribution in [0.15, 0.2) is 28.8 Å². The molecule has 2 N–H and O–H groups in total. The van der Waals surface area contributed by atoms with Crippen LogP contribution in [-0.4, -0.2) is 29.4 Å². The lowest BCUT2D eigenvalue weighted by molar-refractivity contribution is 0.0693. The summed E-state index contributed by atoms with van der Waals surface area (Å²) < 4.78 is 10.5. The van der Waals surface area contributed by atoms with Gasteiger partial charge in [-0.05, 0) is 44.0 Å². The van der Waals surface area contributed by atoms with Crippen LogP contribution >= 0.6 is 12.4 Å². The van der Waals surface area contributed by atoms with Gasteiger partial charge < -0.3 is 19.7 Å². The van der Waals surface area contributed by atoms with Crippen molar-refractivity contribution in [2.45, 2.75) is 38.3 Å². The molecule has 1 aliphatic carbocycles. The number of hydrogen-bond acceptors (Lipinski definition) is 5. The number of carboxylic acid groups (broad SMARTS) is 1. The molecule has 0 spiro atoms. The van der Waals surface area contributed by atoms with Gasteiger partial charge in [0.25, 0.3) is 0 Å². The van der Waals surface area contributed by atoms with E-state index in [1.54, 1.807) is 31.4 Å². The zero-order chi connectivity index (χ0) is 16.4. The van der Waals surface area contributed by atoms with E-state index in [0.717, 1.165) is 12.8 Å². The molecular weight excluding hydrogens is 332 g/mol. The van der Waals surface area contributed by atoms with E-state index in [1.165, 1.54) is 6.42 Å². The van der Waals surface area contributed by atoms with Gasteiger partial charge in [-0.3, -0.25) is 0 Å². The van der Waals surface area contributed by atoms with Crippen molar-refractivity contribution < 1.29 is 19.2 Å². The predicted octanol–water partition coefficient (Wildman–Crippen LogP) is 3.67. The standard InChI is InChI=1S/C17H20N2O4.ClH/c1-10(18-12-4-3-5-12)16-14(17(20)21)15(19-23-16)11-6-8-13(22-2)9-7-11;/h6-10,12,18H,3-5H2,1-2H3,(H,20,21);1H/t10-;/m1./s1. The van der Waals surface area contributed by atoms with Crippen LogP contribution in [0.25, 0.3) is 11.3 Å². The van der Waals surface area contributed by atoms with E-state index < -0.39 is 5.97 Å². The maximum atomic E-state index is 11.7. The fraction of sp³-hybridized carbons (Fsp3) is 0.412. The van der Waals surface area contributed by atoms with Crippen LogP contribution < -0.4 is 10.1 Å². The van der Waals surface area contributed by atoms with E-state index in [0.29, 0.717) is 28.8 Å². The van der Waals surface area contributed by atoms with Crippen LogP contribution in [0.1, 0.15) is 48.3 Å². The molecule has 1 saturated carbocycles. The van der Waals surface area contributed by atoms with Crippen LogP contribution in [0.4, 0.5) is 0 Å². The highest BCUT2D eigenvalue weighted by Gasteiger charge is 2.29. The number of aromatic nitrogens is 1. The van der Waals surface area contributed by atoms with Crippen molar-refractivity contribution in [3.8, 4) is 17.0 Å². The van der Waals surface area contributed by atoms with Gasteiger partial charge in [-0.25, -0.2) is 4.79 Å². The van der Waals surface area contributed by atoms with Gasteiger partial charge in [0.2, 0.25) is 0 Å². The number of ether oxygens (including phenoxy) is 1. The number of methoxy groups -OCH3 is 1. The first kappa shape index (κ1) is 18.3. The molecule has 130 valence electrons. The minimum atomic E-state index is -1.03. The third-order valence-corrected chi connectivity index (χ3v) is 4.28. The average molecular weight is 353 g/mol. The van der Waals surface area contributed by atoms with E-state index in [2.05, 4.69) is 10.5 Å². The van der Waals surface area contributed by atoms with Crippen LogP contribution in [0, 0.1) is 0 Å². The van der Waals surface area contributed by atoms with Gasteiger partial charge in [0.1, 0.15) is 17.0 Å².